The first-order valence-electron chi connectivity index (χ1n) is 8.80. The number of fused-ring (bicyclic) bond motifs is 1. The lowest BCUT2D eigenvalue weighted by Gasteiger charge is -2.39. The van der Waals surface area contributed by atoms with Crippen LogP contribution in [0.3, 0.4) is 0 Å². The molecule has 1 fully saturated rings. The molecule has 8 nitrogen and oxygen atoms in total. The van der Waals surface area contributed by atoms with Gasteiger partial charge in [-0.15, -0.1) is 0 Å². The normalized spacial score (nSPS) is 14.2. The molecular formula is C19H14F4N4O4. The number of pyridine rings is 1. The zero-order valence-electron chi connectivity index (χ0n) is 15.5. The molecule has 6 N–H and O–H groups in total. The summed E-state index contributed by atoms with van der Waals surface area (Å²) in [6.07, 6.45) is 0.592. The maximum atomic E-state index is 15.5. The van der Waals surface area contributed by atoms with E-state index in [-0.39, 0.29) is 19.1 Å². The molecule has 1 aliphatic heterocycles. The van der Waals surface area contributed by atoms with Crippen molar-refractivity contribution in [3.8, 4) is 11.4 Å². The standard InChI is InChI=1S/C19H14F4N4O4/c20-8-1-9(21)11(2-10(8)25)27-5-7(19(30)31)17(28)12-15(27)13(22)16(14(23)18(12)29)26-3-6(24)4-26/h1-2,5-6,29H,3-4,24-25H2,(H,30,31). The van der Waals surface area contributed by atoms with E-state index in [1.807, 2.05) is 0 Å². The Labute approximate surface area is 170 Å². The molecule has 2 heterocycles. The molecule has 0 aliphatic carbocycles. The van der Waals surface area contributed by atoms with Gasteiger partial charge < -0.3 is 31.1 Å². The maximum absolute atomic E-state index is 15.5. The number of rotatable bonds is 3. The van der Waals surface area contributed by atoms with Gasteiger partial charge in [0.2, 0.25) is 5.43 Å². The van der Waals surface area contributed by atoms with Crippen molar-refractivity contribution in [2.45, 2.75) is 6.04 Å². The number of phenols is 1. The van der Waals surface area contributed by atoms with Crippen molar-refractivity contribution in [1.82, 2.24) is 4.57 Å². The summed E-state index contributed by atoms with van der Waals surface area (Å²) in [5, 5.41) is 18.6. The number of anilines is 2. The lowest BCUT2D eigenvalue weighted by Crippen LogP contribution is -2.56. The van der Waals surface area contributed by atoms with Gasteiger partial charge in [0.25, 0.3) is 0 Å². The molecule has 0 radical (unpaired) electrons. The molecule has 0 saturated carbocycles. The van der Waals surface area contributed by atoms with Crippen molar-refractivity contribution in [3.63, 3.8) is 0 Å². The van der Waals surface area contributed by atoms with E-state index in [4.69, 9.17) is 11.5 Å². The Morgan fingerprint density at radius 3 is 2.32 bits per heavy atom. The quantitative estimate of drug-likeness (QED) is 0.361. The molecule has 1 saturated heterocycles. The van der Waals surface area contributed by atoms with Crippen molar-refractivity contribution in [3.05, 3.63) is 57.4 Å². The van der Waals surface area contributed by atoms with Crippen molar-refractivity contribution >= 4 is 28.2 Å². The van der Waals surface area contributed by atoms with Crippen molar-refractivity contribution in [1.29, 1.82) is 0 Å². The summed E-state index contributed by atoms with van der Waals surface area (Å²) < 4.78 is 59.1. The summed E-state index contributed by atoms with van der Waals surface area (Å²) in [7, 11) is 0. The van der Waals surface area contributed by atoms with Gasteiger partial charge in [0.15, 0.2) is 17.4 Å². The fraction of sp³-hybridized carbons (Fsp3) is 0.158. The summed E-state index contributed by atoms with van der Waals surface area (Å²) in [6, 6.07) is 0.743. The SMILES string of the molecule is Nc1cc(-n2cc(C(=O)O)c(=O)c3c(O)c(F)c(N4CC(N)C4)c(F)c32)c(F)cc1F. The second-order valence-electron chi connectivity index (χ2n) is 7.09. The van der Waals surface area contributed by atoms with Gasteiger partial charge in [0.05, 0.1) is 22.3 Å². The van der Waals surface area contributed by atoms with E-state index in [0.29, 0.717) is 16.8 Å². The Morgan fingerprint density at radius 1 is 1.10 bits per heavy atom. The summed E-state index contributed by atoms with van der Waals surface area (Å²) >= 11 is 0. The van der Waals surface area contributed by atoms with Crippen LogP contribution in [0.1, 0.15) is 10.4 Å². The predicted octanol–water partition coefficient (Wildman–Crippen LogP) is 1.68. The van der Waals surface area contributed by atoms with Crippen LogP contribution >= 0.6 is 0 Å². The van der Waals surface area contributed by atoms with Crippen LogP contribution in [-0.2, 0) is 0 Å². The molecule has 162 valence electrons. The van der Waals surface area contributed by atoms with Crippen LogP contribution in [0.2, 0.25) is 0 Å². The molecule has 2 aromatic carbocycles. The van der Waals surface area contributed by atoms with Crippen molar-refractivity contribution in [2.24, 2.45) is 5.73 Å². The van der Waals surface area contributed by atoms with Crippen LogP contribution in [0.4, 0.5) is 28.9 Å². The summed E-state index contributed by atoms with van der Waals surface area (Å²) in [4.78, 5) is 25.3. The number of hydrogen-bond donors (Lipinski definition) is 4. The minimum Gasteiger partial charge on any atom is -0.504 e. The Hall–Kier alpha value is -3.80. The highest BCUT2D eigenvalue weighted by molar-refractivity contribution is 5.97. The largest absolute Gasteiger partial charge is 0.504 e. The number of carbonyl (C=O) groups is 1. The first-order valence-corrected chi connectivity index (χ1v) is 8.80. The molecule has 0 atom stereocenters. The monoisotopic (exact) mass is 438 g/mol. The third-order valence-corrected chi connectivity index (χ3v) is 5.06. The van der Waals surface area contributed by atoms with Gasteiger partial charge in [0, 0.05) is 31.4 Å². The number of aromatic carboxylic acids is 1. The average Bonchev–Trinajstić information content (AvgIpc) is 2.67. The third-order valence-electron chi connectivity index (χ3n) is 5.06. The lowest BCUT2D eigenvalue weighted by molar-refractivity contribution is 0.0695. The molecule has 0 amide bonds. The van der Waals surface area contributed by atoms with E-state index < -0.39 is 73.9 Å². The Bertz CT molecular complexity index is 1340. The molecular weight excluding hydrogens is 424 g/mol. The Morgan fingerprint density at radius 2 is 1.74 bits per heavy atom. The van der Waals surface area contributed by atoms with Crippen LogP contribution in [0.25, 0.3) is 16.6 Å². The van der Waals surface area contributed by atoms with Crippen LogP contribution < -0.4 is 21.8 Å². The number of benzene rings is 2. The molecule has 12 heteroatoms. The van der Waals surface area contributed by atoms with E-state index in [0.717, 1.165) is 11.0 Å². The number of carboxylic acid groups (broad SMARTS) is 1. The predicted molar refractivity (Wildman–Crippen MR) is 103 cm³/mol. The number of aromatic nitrogens is 1. The first kappa shape index (κ1) is 20.5. The number of nitrogens with zero attached hydrogens (tertiary/aromatic N) is 2. The zero-order valence-corrected chi connectivity index (χ0v) is 15.5. The maximum Gasteiger partial charge on any atom is 0.341 e. The van der Waals surface area contributed by atoms with Crippen molar-refractivity contribution < 1.29 is 32.6 Å². The minimum atomic E-state index is -1.80. The van der Waals surface area contributed by atoms with E-state index in [1.54, 1.807) is 0 Å². The van der Waals surface area contributed by atoms with E-state index in [2.05, 4.69) is 0 Å². The number of hydrogen-bond acceptors (Lipinski definition) is 6. The number of nitrogens with two attached hydrogens (primary N) is 2. The minimum absolute atomic E-state index is 0.0358. The second kappa shape index (κ2) is 6.87. The summed E-state index contributed by atoms with van der Waals surface area (Å²) in [5.41, 5.74) is 5.98. The lowest BCUT2D eigenvalue weighted by atomic mass is 10.0. The molecule has 0 unspecified atom stereocenters. The molecule has 31 heavy (non-hydrogen) atoms. The number of nitrogen functional groups attached to an aromatic ring is 1. The van der Waals surface area contributed by atoms with Gasteiger partial charge in [-0.25, -0.2) is 22.4 Å². The zero-order chi connectivity index (χ0) is 22.8. The van der Waals surface area contributed by atoms with Crippen molar-refractivity contribution in [2.75, 3.05) is 23.7 Å². The number of halogens is 4. The Balaban J connectivity index is 2.20. The highest BCUT2D eigenvalue weighted by Crippen LogP contribution is 2.39. The second-order valence-corrected chi connectivity index (χ2v) is 7.09. The van der Waals surface area contributed by atoms with Gasteiger partial charge in [-0.3, -0.25) is 4.79 Å². The van der Waals surface area contributed by atoms with Gasteiger partial charge in [-0.2, -0.15) is 0 Å². The molecule has 1 aliphatic rings. The first-order chi connectivity index (χ1) is 14.5. The molecule has 0 bridgehead atoms. The van der Waals surface area contributed by atoms with Gasteiger partial charge in [0.1, 0.15) is 22.9 Å². The number of aromatic hydroxyl groups is 1. The molecule has 3 aromatic rings. The molecule has 4 rings (SSSR count). The number of phenolic OH excluding ortho intramolecular Hbond substituents is 1. The van der Waals surface area contributed by atoms with E-state index in [9.17, 15) is 33.0 Å². The highest BCUT2D eigenvalue weighted by atomic mass is 19.1. The van der Waals surface area contributed by atoms with Crippen LogP contribution in [-0.4, -0.2) is 39.9 Å². The topological polar surface area (TPSA) is 135 Å². The Kier molecular flexibility index (Phi) is 4.54. The highest BCUT2D eigenvalue weighted by Gasteiger charge is 2.34. The average molecular weight is 438 g/mol. The fourth-order valence-corrected chi connectivity index (χ4v) is 3.53. The molecule has 0 spiro atoms. The van der Waals surface area contributed by atoms with Gasteiger partial charge in [-0.05, 0) is 6.07 Å². The summed E-state index contributed by atoms with van der Waals surface area (Å²) in [5.74, 6) is -8.38. The molecule has 1 aromatic heterocycles. The van der Waals surface area contributed by atoms with Gasteiger partial charge >= 0.3 is 5.97 Å². The third kappa shape index (κ3) is 2.94. The van der Waals surface area contributed by atoms with E-state index >= 15 is 4.39 Å². The van der Waals surface area contributed by atoms with E-state index in [1.165, 1.54) is 0 Å². The van der Waals surface area contributed by atoms with Gasteiger partial charge in [-0.1, -0.05) is 0 Å². The number of carboxylic acids is 1. The smallest absolute Gasteiger partial charge is 0.341 e. The summed E-state index contributed by atoms with van der Waals surface area (Å²) in [6.45, 7) is 0.0716. The van der Waals surface area contributed by atoms with Crippen LogP contribution in [0.5, 0.6) is 5.75 Å². The van der Waals surface area contributed by atoms with Crippen LogP contribution in [0, 0.1) is 23.3 Å². The van der Waals surface area contributed by atoms with Crippen LogP contribution in [0.15, 0.2) is 23.1 Å². The fourth-order valence-electron chi connectivity index (χ4n) is 3.53.